The van der Waals surface area contributed by atoms with Crippen molar-refractivity contribution in [2.75, 3.05) is 25.6 Å². The zero-order valence-corrected chi connectivity index (χ0v) is 31.6. The zero-order valence-electron chi connectivity index (χ0n) is 30.8. The van der Waals surface area contributed by atoms with E-state index in [2.05, 4.69) is 0 Å². The van der Waals surface area contributed by atoms with Crippen LogP contribution in [0.1, 0.15) is 47.1 Å². The Morgan fingerprint density at radius 1 is 0.774 bits per heavy atom. The maximum atomic E-state index is 13.5. The van der Waals surface area contributed by atoms with Crippen LogP contribution in [0.25, 0.3) is 10.1 Å². The average molecular weight is 757 g/mol. The second-order valence-electron chi connectivity index (χ2n) is 12.7. The Morgan fingerprint density at radius 3 is 2.00 bits per heavy atom. The Kier molecular flexibility index (Phi) is 13.8. The minimum atomic E-state index is -1.43. The van der Waals surface area contributed by atoms with Crippen molar-refractivity contribution >= 4 is 63.0 Å². The summed E-state index contributed by atoms with van der Waals surface area (Å²) in [4.78, 5) is 77.9. The van der Waals surface area contributed by atoms with Crippen molar-refractivity contribution in [1.82, 2.24) is 4.90 Å². The van der Waals surface area contributed by atoms with E-state index in [-0.39, 0.29) is 24.2 Å². The van der Waals surface area contributed by atoms with Gasteiger partial charge in [-0.05, 0) is 35.6 Å². The minimum Gasteiger partial charge on any atom is -0.463 e. The number of benzene rings is 2. The molecule has 1 aliphatic heterocycles. The van der Waals surface area contributed by atoms with Crippen LogP contribution >= 0.6 is 11.3 Å². The largest absolute Gasteiger partial charge is 0.463 e. The molecule has 1 unspecified atom stereocenters. The van der Waals surface area contributed by atoms with E-state index in [0.29, 0.717) is 21.3 Å². The highest BCUT2D eigenvalue weighted by Crippen LogP contribution is 2.37. The lowest BCUT2D eigenvalue weighted by atomic mass is 9.98. The molecule has 53 heavy (non-hydrogen) atoms. The van der Waals surface area contributed by atoms with Gasteiger partial charge in [-0.15, -0.1) is 11.3 Å². The van der Waals surface area contributed by atoms with Gasteiger partial charge in [0.15, 0.2) is 12.2 Å². The van der Waals surface area contributed by atoms with Gasteiger partial charge in [-0.1, -0.05) is 38.1 Å². The number of likely N-dealkylation sites (N-methyl/N-ethyl adjacent to an activating group) is 2. The summed E-state index contributed by atoms with van der Waals surface area (Å²) in [6, 6.07) is 13.4. The highest BCUT2D eigenvalue weighted by molar-refractivity contribution is 7.17. The van der Waals surface area contributed by atoms with E-state index < -0.39 is 73.3 Å². The van der Waals surface area contributed by atoms with E-state index in [1.54, 1.807) is 30.6 Å². The van der Waals surface area contributed by atoms with E-state index in [4.69, 9.17) is 33.2 Å². The number of carbonyl (C=O) groups excluding carboxylic acids is 6. The highest BCUT2D eigenvalue weighted by atomic mass is 32.1. The Hall–Kier alpha value is -5.22. The van der Waals surface area contributed by atoms with Crippen molar-refractivity contribution in [1.29, 1.82) is 0 Å². The molecular formula is C37H44N2O13S. The molecule has 1 saturated heterocycles. The standard InChI is InChI=1S/C37H44N2O13S/c1-20(2)30(35(44)38(7)26-12-10-9-11-13-26)39(8)37(45)47-18-25-14-15-28(27-16-17-53-34(25)27)51-36-33(50-24(6)43)32(49-23(5)42)31(48-22(4)41)29(52-36)19-46-21(3)40/h9-17,20,29-33,36H,18-19H2,1-8H3/t29-,30?,31+,32+,33-,36-/m1/s1. The van der Waals surface area contributed by atoms with Gasteiger partial charge in [0.05, 0.1) is 0 Å². The molecule has 2 amide bonds. The topological polar surface area (TPSA) is 174 Å². The lowest BCUT2D eigenvalue weighted by Gasteiger charge is -2.44. The fourth-order valence-electron chi connectivity index (χ4n) is 5.95. The third-order valence-electron chi connectivity index (χ3n) is 8.26. The Labute approximate surface area is 310 Å². The van der Waals surface area contributed by atoms with Crippen LogP contribution in [0.4, 0.5) is 10.5 Å². The molecule has 16 heteroatoms. The summed E-state index contributed by atoms with van der Waals surface area (Å²) in [7, 11) is 3.18. The molecule has 6 atom stereocenters. The van der Waals surface area contributed by atoms with E-state index >= 15 is 0 Å². The molecule has 2 heterocycles. The van der Waals surface area contributed by atoms with Gasteiger partial charge in [-0.25, -0.2) is 4.79 Å². The number of ether oxygens (including phenoxy) is 7. The second-order valence-corrected chi connectivity index (χ2v) is 13.6. The number of rotatable bonds is 13. The van der Waals surface area contributed by atoms with Crippen LogP contribution < -0.4 is 9.64 Å². The van der Waals surface area contributed by atoms with E-state index in [9.17, 15) is 28.8 Å². The fraction of sp³-hybridized carbons (Fsp3) is 0.459. The summed E-state index contributed by atoms with van der Waals surface area (Å²) in [5.74, 6) is -3.15. The van der Waals surface area contributed by atoms with Gasteiger partial charge in [0, 0.05) is 63.1 Å². The number of esters is 4. The second kappa shape index (κ2) is 18.0. The number of amides is 2. The van der Waals surface area contributed by atoms with Gasteiger partial charge >= 0.3 is 30.0 Å². The average Bonchev–Trinajstić information content (AvgIpc) is 3.59. The van der Waals surface area contributed by atoms with Crippen molar-refractivity contribution in [3.8, 4) is 5.75 Å². The first-order valence-corrected chi connectivity index (χ1v) is 17.6. The molecule has 0 spiro atoms. The van der Waals surface area contributed by atoms with Gasteiger partial charge in [-0.2, -0.15) is 0 Å². The molecule has 0 saturated carbocycles. The number of fused-ring (bicyclic) bond motifs is 1. The monoisotopic (exact) mass is 756 g/mol. The molecule has 4 rings (SSSR count). The molecule has 0 N–H and O–H groups in total. The van der Waals surface area contributed by atoms with Crippen molar-refractivity contribution in [3.63, 3.8) is 0 Å². The summed E-state index contributed by atoms with van der Waals surface area (Å²) in [6.45, 7) is 7.75. The van der Waals surface area contributed by atoms with Gasteiger partial charge in [0.1, 0.15) is 31.1 Å². The number of hydrogen-bond donors (Lipinski definition) is 0. The summed E-state index contributed by atoms with van der Waals surface area (Å²) >= 11 is 1.35. The van der Waals surface area contributed by atoms with Crippen LogP contribution in [0, 0.1) is 5.92 Å². The third kappa shape index (κ3) is 10.2. The van der Waals surface area contributed by atoms with Gasteiger partial charge in [-0.3, -0.25) is 28.9 Å². The smallest absolute Gasteiger partial charge is 0.410 e. The fourth-order valence-corrected chi connectivity index (χ4v) is 6.86. The van der Waals surface area contributed by atoms with E-state index in [1.807, 2.05) is 44.2 Å². The van der Waals surface area contributed by atoms with Crippen LogP contribution in [0.15, 0.2) is 53.9 Å². The first-order valence-electron chi connectivity index (χ1n) is 16.8. The van der Waals surface area contributed by atoms with Crippen LogP contribution in [0.3, 0.4) is 0 Å². The van der Waals surface area contributed by atoms with Crippen LogP contribution in [0.2, 0.25) is 0 Å². The normalized spacial score (nSPS) is 20.1. The minimum absolute atomic E-state index is 0.132. The lowest BCUT2D eigenvalue weighted by Crippen LogP contribution is -2.63. The molecule has 3 aromatic rings. The number of nitrogens with zero attached hydrogens (tertiary/aromatic N) is 2. The maximum absolute atomic E-state index is 13.5. The Balaban J connectivity index is 1.57. The van der Waals surface area contributed by atoms with Crippen molar-refractivity contribution in [2.24, 2.45) is 5.92 Å². The first-order chi connectivity index (χ1) is 25.1. The molecule has 0 bridgehead atoms. The zero-order chi connectivity index (χ0) is 39.0. The SMILES string of the molecule is CC(=O)OC[C@H]1O[C@@H](Oc2ccc(COC(=O)N(C)C(C(=O)N(C)c3ccccc3)C(C)C)c3sccc23)[C@H](OC(C)=O)[C@@H](OC(C)=O)[C@H]1OC(C)=O. The molecule has 15 nitrogen and oxygen atoms in total. The molecule has 0 aliphatic carbocycles. The number of carbonyl (C=O) groups is 6. The van der Waals surface area contributed by atoms with Crippen molar-refractivity contribution in [3.05, 3.63) is 59.5 Å². The van der Waals surface area contributed by atoms with Gasteiger partial charge in [0.25, 0.3) is 0 Å². The Bertz CT molecular complexity index is 1800. The van der Waals surface area contributed by atoms with Gasteiger partial charge < -0.3 is 38.1 Å². The molecule has 0 radical (unpaired) electrons. The van der Waals surface area contributed by atoms with E-state index in [1.165, 1.54) is 35.1 Å². The summed E-state index contributed by atoms with van der Waals surface area (Å²) in [5, 5.41) is 2.39. The molecule has 1 aromatic heterocycles. The quantitative estimate of drug-likeness (QED) is 0.175. The maximum Gasteiger partial charge on any atom is 0.410 e. The molecule has 1 fully saturated rings. The molecule has 286 valence electrons. The summed E-state index contributed by atoms with van der Waals surface area (Å²) < 4.78 is 40.4. The number of thiophene rings is 1. The van der Waals surface area contributed by atoms with Crippen LogP contribution in [-0.4, -0.2) is 98.2 Å². The summed E-state index contributed by atoms with van der Waals surface area (Å²) in [6.07, 6.45) is -7.47. The molecule has 1 aliphatic rings. The first kappa shape index (κ1) is 40.5. The van der Waals surface area contributed by atoms with Gasteiger partial charge in [0.2, 0.25) is 18.3 Å². The Morgan fingerprint density at radius 2 is 1.40 bits per heavy atom. The van der Waals surface area contributed by atoms with E-state index in [0.717, 1.165) is 20.8 Å². The predicted molar refractivity (Wildman–Crippen MR) is 191 cm³/mol. The van der Waals surface area contributed by atoms with Crippen LogP contribution in [0.5, 0.6) is 5.75 Å². The third-order valence-corrected chi connectivity index (χ3v) is 9.25. The lowest BCUT2D eigenvalue weighted by molar-refractivity contribution is -0.288. The number of hydrogen-bond acceptors (Lipinski definition) is 14. The van der Waals surface area contributed by atoms with Crippen molar-refractivity contribution in [2.45, 2.75) is 84.9 Å². The van der Waals surface area contributed by atoms with Crippen molar-refractivity contribution < 1.29 is 61.9 Å². The highest BCUT2D eigenvalue weighted by Gasteiger charge is 2.53. The molecular weight excluding hydrogens is 712 g/mol. The van der Waals surface area contributed by atoms with Crippen LogP contribution in [-0.2, 0) is 59.0 Å². The number of anilines is 1. The molecule has 2 aromatic carbocycles. The number of para-hydroxylation sites is 1. The summed E-state index contributed by atoms with van der Waals surface area (Å²) in [5.41, 5.74) is 1.33. The predicted octanol–water partition coefficient (Wildman–Crippen LogP) is 4.62.